The fraction of sp³-hybridized carbons (Fsp3) is 0.588. The average molecular weight is 379 g/mol. The fourth-order valence-electron chi connectivity index (χ4n) is 3.40. The topological polar surface area (TPSA) is 93.0 Å². The second-order valence-electron chi connectivity index (χ2n) is 6.75. The highest BCUT2D eigenvalue weighted by Gasteiger charge is 2.23. The molecule has 8 nitrogen and oxygen atoms in total. The van der Waals surface area contributed by atoms with E-state index in [1.54, 1.807) is 4.68 Å². The lowest BCUT2D eigenvalue weighted by Gasteiger charge is -2.35. The largest absolute Gasteiger partial charge is 0.299 e. The Bertz CT molecular complexity index is 793. The van der Waals surface area contributed by atoms with Gasteiger partial charge in [0.05, 0.1) is 11.9 Å². The summed E-state index contributed by atoms with van der Waals surface area (Å²) in [4.78, 5) is 2.39. The molecule has 3 rings (SSSR count). The molecule has 1 saturated heterocycles. The van der Waals surface area contributed by atoms with Crippen molar-refractivity contribution in [2.45, 2.75) is 38.1 Å². The van der Waals surface area contributed by atoms with Gasteiger partial charge in [-0.1, -0.05) is 24.6 Å². The van der Waals surface area contributed by atoms with Crippen molar-refractivity contribution in [1.29, 1.82) is 0 Å². The van der Waals surface area contributed by atoms with E-state index in [4.69, 9.17) is 0 Å². The number of benzene rings is 1. The predicted octanol–water partition coefficient (Wildman–Crippen LogP) is 0.999. The van der Waals surface area contributed by atoms with Gasteiger partial charge in [0, 0.05) is 19.0 Å². The maximum absolute atomic E-state index is 11.4. The van der Waals surface area contributed by atoms with Gasteiger partial charge in [-0.2, -0.15) is 4.68 Å². The zero-order valence-corrected chi connectivity index (χ0v) is 15.9. The van der Waals surface area contributed by atoms with Gasteiger partial charge in [0.1, 0.15) is 0 Å². The molecule has 0 radical (unpaired) electrons. The molecule has 0 bridgehead atoms. The third-order valence-electron chi connectivity index (χ3n) is 4.71. The van der Waals surface area contributed by atoms with Crippen LogP contribution in [-0.4, -0.2) is 65.5 Å². The lowest BCUT2D eigenvalue weighted by Crippen LogP contribution is -2.46. The molecular weight excluding hydrogens is 352 g/mol. The summed E-state index contributed by atoms with van der Waals surface area (Å²) < 4.78 is 27.2. The molecule has 1 atom stereocenters. The van der Waals surface area contributed by atoms with Crippen LogP contribution in [0.1, 0.15) is 31.5 Å². The number of hydrogen-bond acceptors (Lipinski definition) is 6. The molecule has 2 heterocycles. The SMILES string of the molecule is CS(=O)(=O)NC[C@H]1CCCCN1CCCc1nnnn1-c1ccccc1. The molecule has 1 aliphatic rings. The summed E-state index contributed by atoms with van der Waals surface area (Å²) in [5, 5.41) is 12.1. The molecule has 1 aliphatic heterocycles. The molecule has 1 aromatic heterocycles. The van der Waals surface area contributed by atoms with Crippen LogP contribution >= 0.6 is 0 Å². The molecule has 26 heavy (non-hydrogen) atoms. The van der Waals surface area contributed by atoms with E-state index in [1.165, 1.54) is 6.26 Å². The van der Waals surface area contributed by atoms with Crippen molar-refractivity contribution >= 4 is 10.0 Å². The summed E-state index contributed by atoms with van der Waals surface area (Å²) in [6.45, 7) is 2.41. The monoisotopic (exact) mass is 378 g/mol. The standard InChI is InChI=1S/C17H26N6O2S/c1-26(24,25)18-14-16-10-5-6-12-22(16)13-7-11-17-19-20-21-23(17)15-8-3-2-4-9-15/h2-4,8-9,16,18H,5-7,10-14H2,1H3/t16-/m1/s1. The maximum Gasteiger partial charge on any atom is 0.208 e. The van der Waals surface area contributed by atoms with Crippen LogP contribution < -0.4 is 4.72 Å². The Hall–Kier alpha value is -1.84. The van der Waals surface area contributed by atoms with Crippen molar-refractivity contribution in [3.8, 4) is 5.69 Å². The smallest absolute Gasteiger partial charge is 0.208 e. The quantitative estimate of drug-likeness (QED) is 0.737. The zero-order valence-electron chi connectivity index (χ0n) is 15.1. The molecular formula is C17H26N6O2S. The van der Waals surface area contributed by atoms with Crippen molar-refractivity contribution in [2.75, 3.05) is 25.9 Å². The number of piperidine rings is 1. The number of para-hydroxylation sites is 1. The van der Waals surface area contributed by atoms with E-state index < -0.39 is 10.0 Å². The molecule has 0 amide bonds. The minimum Gasteiger partial charge on any atom is -0.299 e. The highest BCUT2D eigenvalue weighted by atomic mass is 32.2. The van der Waals surface area contributed by atoms with Crippen LogP contribution in [0.2, 0.25) is 0 Å². The minimum atomic E-state index is -3.15. The summed E-state index contributed by atoms with van der Waals surface area (Å²) in [6, 6.07) is 10.1. The highest BCUT2D eigenvalue weighted by molar-refractivity contribution is 7.88. The van der Waals surface area contributed by atoms with E-state index in [0.29, 0.717) is 6.54 Å². The number of hydrogen-bond donors (Lipinski definition) is 1. The van der Waals surface area contributed by atoms with Crippen LogP contribution in [0.3, 0.4) is 0 Å². The summed E-state index contributed by atoms with van der Waals surface area (Å²) in [7, 11) is -3.15. The van der Waals surface area contributed by atoms with E-state index >= 15 is 0 Å². The van der Waals surface area contributed by atoms with Gasteiger partial charge in [-0.3, -0.25) is 4.90 Å². The van der Waals surface area contributed by atoms with Crippen LogP contribution in [-0.2, 0) is 16.4 Å². The van der Waals surface area contributed by atoms with Crippen molar-refractivity contribution in [3.05, 3.63) is 36.2 Å². The molecule has 2 aromatic rings. The molecule has 1 aromatic carbocycles. The van der Waals surface area contributed by atoms with Crippen molar-refractivity contribution in [3.63, 3.8) is 0 Å². The Morgan fingerprint density at radius 2 is 2.04 bits per heavy atom. The second kappa shape index (κ2) is 8.70. The van der Waals surface area contributed by atoms with Crippen LogP contribution in [0.4, 0.5) is 0 Å². The van der Waals surface area contributed by atoms with E-state index in [9.17, 15) is 8.42 Å². The summed E-state index contributed by atoms with van der Waals surface area (Å²) in [5.41, 5.74) is 0.959. The van der Waals surface area contributed by atoms with Crippen LogP contribution in [0.5, 0.6) is 0 Å². The van der Waals surface area contributed by atoms with Gasteiger partial charge in [0.2, 0.25) is 10.0 Å². The Morgan fingerprint density at radius 3 is 2.81 bits per heavy atom. The van der Waals surface area contributed by atoms with Crippen molar-refractivity contribution < 1.29 is 8.42 Å². The molecule has 0 aliphatic carbocycles. The average Bonchev–Trinajstić information content (AvgIpc) is 3.09. The third-order valence-corrected chi connectivity index (χ3v) is 5.40. The number of aryl methyl sites for hydroxylation is 1. The first kappa shape index (κ1) is 18.9. The first-order chi connectivity index (χ1) is 12.5. The lowest BCUT2D eigenvalue weighted by molar-refractivity contribution is 0.148. The minimum absolute atomic E-state index is 0.267. The first-order valence-corrected chi connectivity index (χ1v) is 10.9. The maximum atomic E-state index is 11.4. The molecule has 0 unspecified atom stereocenters. The number of rotatable bonds is 8. The van der Waals surface area contributed by atoms with E-state index in [-0.39, 0.29) is 6.04 Å². The summed E-state index contributed by atoms with van der Waals surface area (Å²) in [6.07, 6.45) is 6.27. The molecule has 1 fully saturated rings. The number of nitrogens with zero attached hydrogens (tertiary/aromatic N) is 5. The number of sulfonamides is 1. The lowest BCUT2D eigenvalue weighted by atomic mass is 10.0. The Kier molecular flexibility index (Phi) is 6.33. The van der Waals surface area contributed by atoms with Gasteiger partial charge in [0.15, 0.2) is 5.82 Å². The Labute approximate surface area is 154 Å². The Morgan fingerprint density at radius 1 is 1.23 bits per heavy atom. The summed E-state index contributed by atoms with van der Waals surface area (Å²) >= 11 is 0. The molecule has 9 heteroatoms. The van der Waals surface area contributed by atoms with Gasteiger partial charge in [-0.05, 0) is 54.9 Å². The van der Waals surface area contributed by atoms with Gasteiger partial charge in [0.25, 0.3) is 0 Å². The van der Waals surface area contributed by atoms with Crippen LogP contribution in [0, 0.1) is 0 Å². The second-order valence-corrected chi connectivity index (χ2v) is 8.59. The van der Waals surface area contributed by atoms with Gasteiger partial charge >= 0.3 is 0 Å². The van der Waals surface area contributed by atoms with E-state index in [2.05, 4.69) is 25.1 Å². The number of tetrazole rings is 1. The number of nitrogens with one attached hydrogen (secondary N) is 1. The fourth-order valence-corrected chi connectivity index (χ4v) is 3.90. The number of aromatic nitrogens is 4. The van der Waals surface area contributed by atoms with Gasteiger partial charge in [-0.25, -0.2) is 13.1 Å². The number of likely N-dealkylation sites (tertiary alicyclic amines) is 1. The van der Waals surface area contributed by atoms with Crippen molar-refractivity contribution in [2.24, 2.45) is 0 Å². The van der Waals surface area contributed by atoms with Crippen LogP contribution in [0.25, 0.3) is 5.69 Å². The zero-order chi connectivity index (χ0) is 18.4. The highest BCUT2D eigenvalue weighted by Crippen LogP contribution is 2.17. The molecule has 1 N–H and O–H groups in total. The van der Waals surface area contributed by atoms with Crippen molar-refractivity contribution in [1.82, 2.24) is 29.8 Å². The van der Waals surface area contributed by atoms with Gasteiger partial charge in [-0.15, -0.1) is 5.10 Å². The summed E-state index contributed by atoms with van der Waals surface area (Å²) in [5.74, 6) is 0.846. The van der Waals surface area contributed by atoms with Gasteiger partial charge < -0.3 is 0 Å². The van der Waals surface area contributed by atoms with Crippen LogP contribution in [0.15, 0.2) is 30.3 Å². The first-order valence-electron chi connectivity index (χ1n) is 9.04. The molecule has 142 valence electrons. The molecule has 0 spiro atoms. The predicted molar refractivity (Wildman–Crippen MR) is 99.5 cm³/mol. The molecule has 0 saturated carbocycles. The van der Waals surface area contributed by atoms with E-state index in [1.807, 2.05) is 30.3 Å². The van der Waals surface area contributed by atoms with E-state index in [0.717, 1.165) is 56.7 Å². The Balaban J connectivity index is 1.55. The third kappa shape index (κ3) is 5.33. The normalized spacial score (nSPS) is 18.9.